The van der Waals surface area contributed by atoms with Gasteiger partial charge in [-0.2, -0.15) is 4.31 Å². The highest BCUT2D eigenvalue weighted by atomic mass is 127. The van der Waals surface area contributed by atoms with Crippen LogP contribution in [0.5, 0.6) is 0 Å². The molecule has 0 bridgehead atoms. The van der Waals surface area contributed by atoms with Gasteiger partial charge in [0.2, 0.25) is 0 Å². The fraction of sp³-hybridized carbons (Fsp3) is 0.500. The van der Waals surface area contributed by atoms with Crippen LogP contribution in [0.1, 0.15) is 42.5 Å². The van der Waals surface area contributed by atoms with Crippen molar-refractivity contribution in [2.75, 3.05) is 26.7 Å². The van der Waals surface area contributed by atoms with Crippen molar-refractivity contribution in [2.24, 2.45) is 4.99 Å². The maximum atomic E-state index is 12.8. The summed E-state index contributed by atoms with van der Waals surface area (Å²) in [6.45, 7) is 2.66. The van der Waals surface area contributed by atoms with Crippen molar-refractivity contribution in [3.63, 3.8) is 0 Å². The smallest absolute Gasteiger partial charge is 0.252 e. The lowest BCUT2D eigenvalue weighted by atomic mass is 9.96. The van der Waals surface area contributed by atoms with E-state index in [4.69, 9.17) is 0 Å². The minimum Gasteiger partial charge on any atom is -0.356 e. The Morgan fingerprint density at radius 3 is 2.42 bits per heavy atom. The Labute approximate surface area is 206 Å². The van der Waals surface area contributed by atoms with E-state index >= 15 is 0 Å². The summed E-state index contributed by atoms with van der Waals surface area (Å²) in [6.07, 6.45) is 5.38. The summed E-state index contributed by atoms with van der Waals surface area (Å²) >= 11 is 1.34. The van der Waals surface area contributed by atoms with Crippen LogP contribution in [0.15, 0.2) is 51.7 Å². The molecule has 1 aromatic heterocycles. The first-order chi connectivity index (χ1) is 14.5. The molecule has 1 aromatic carbocycles. The van der Waals surface area contributed by atoms with Crippen LogP contribution >= 0.6 is 35.3 Å². The standard InChI is InChI=1S/C22H30N4O2S2.HI/c1-23-21(25-17-22(12-13-22)18-8-4-2-5-9-18)24-16-19-10-11-20(29-19)30(27,28)26-14-6-3-7-15-26;/h2,4-5,8-11H,3,6-7,12-17H2,1H3,(H2,23,24,25);1H. The van der Waals surface area contributed by atoms with Crippen molar-refractivity contribution in [3.8, 4) is 0 Å². The Balaban J connectivity index is 0.00000272. The molecule has 9 heteroatoms. The van der Waals surface area contributed by atoms with Gasteiger partial charge in [0.15, 0.2) is 5.96 Å². The van der Waals surface area contributed by atoms with Gasteiger partial charge in [0, 0.05) is 37.0 Å². The number of benzene rings is 1. The number of aliphatic imine (C=N–C) groups is 1. The second-order valence-electron chi connectivity index (χ2n) is 8.11. The molecule has 4 rings (SSSR count). The topological polar surface area (TPSA) is 73.8 Å². The zero-order valence-corrected chi connectivity index (χ0v) is 21.8. The fourth-order valence-corrected chi connectivity index (χ4v) is 6.95. The molecule has 170 valence electrons. The van der Waals surface area contributed by atoms with Crippen molar-refractivity contribution >= 4 is 51.3 Å². The van der Waals surface area contributed by atoms with Gasteiger partial charge in [-0.25, -0.2) is 8.42 Å². The fourth-order valence-electron chi connectivity index (χ4n) is 3.98. The van der Waals surface area contributed by atoms with Crippen molar-refractivity contribution in [2.45, 2.75) is 48.3 Å². The summed E-state index contributed by atoms with van der Waals surface area (Å²) in [5, 5.41) is 6.77. The Bertz CT molecular complexity index is 982. The molecule has 1 aliphatic heterocycles. The van der Waals surface area contributed by atoms with E-state index in [-0.39, 0.29) is 29.4 Å². The normalized spacial score (nSPS) is 18.8. The Hall–Kier alpha value is -1.17. The number of nitrogens with one attached hydrogen (secondary N) is 2. The predicted octanol–water partition coefficient (Wildman–Crippen LogP) is 3.94. The largest absolute Gasteiger partial charge is 0.356 e. The highest BCUT2D eigenvalue weighted by Gasteiger charge is 2.44. The van der Waals surface area contributed by atoms with Crippen molar-refractivity contribution in [1.82, 2.24) is 14.9 Å². The van der Waals surface area contributed by atoms with E-state index < -0.39 is 10.0 Å². The SMILES string of the molecule is CN=C(NCc1ccc(S(=O)(=O)N2CCCCC2)s1)NCC1(c2ccccc2)CC1.I. The van der Waals surface area contributed by atoms with Gasteiger partial charge in [-0.3, -0.25) is 4.99 Å². The zero-order chi connectivity index (χ0) is 21.0. The van der Waals surface area contributed by atoms with Gasteiger partial charge in [-0.15, -0.1) is 35.3 Å². The lowest BCUT2D eigenvalue weighted by molar-refractivity contribution is 0.347. The molecular formula is C22H31IN4O2S2. The number of sulfonamides is 1. The maximum absolute atomic E-state index is 12.8. The highest BCUT2D eigenvalue weighted by Crippen LogP contribution is 2.47. The predicted molar refractivity (Wildman–Crippen MR) is 138 cm³/mol. The first-order valence-corrected chi connectivity index (χ1v) is 12.9. The van der Waals surface area contributed by atoms with Crippen molar-refractivity contribution in [3.05, 3.63) is 52.9 Å². The molecule has 0 atom stereocenters. The number of rotatable bonds is 7. The molecule has 2 fully saturated rings. The third-order valence-corrected chi connectivity index (χ3v) is 9.49. The first-order valence-electron chi connectivity index (χ1n) is 10.6. The molecule has 2 aliphatic rings. The van der Waals surface area contributed by atoms with Crippen LogP contribution in [0.4, 0.5) is 0 Å². The number of thiophene rings is 1. The monoisotopic (exact) mass is 574 g/mol. The van der Waals surface area contributed by atoms with Gasteiger partial charge in [0.25, 0.3) is 10.0 Å². The highest BCUT2D eigenvalue weighted by molar-refractivity contribution is 14.0. The molecule has 0 unspecified atom stereocenters. The van der Waals surface area contributed by atoms with Crippen LogP contribution in [0, 0.1) is 0 Å². The average molecular weight is 575 g/mol. The number of guanidine groups is 1. The van der Waals surface area contributed by atoms with E-state index in [0.717, 1.165) is 36.6 Å². The second-order valence-corrected chi connectivity index (χ2v) is 11.4. The summed E-state index contributed by atoms with van der Waals surface area (Å²) < 4.78 is 27.7. The lowest BCUT2D eigenvalue weighted by Gasteiger charge is -2.25. The Kier molecular flexibility index (Phi) is 8.39. The first kappa shape index (κ1) is 24.5. The zero-order valence-electron chi connectivity index (χ0n) is 17.8. The average Bonchev–Trinajstić information content (AvgIpc) is 3.43. The van der Waals surface area contributed by atoms with E-state index in [9.17, 15) is 8.42 Å². The molecule has 1 saturated carbocycles. The van der Waals surface area contributed by atoms with Crippen LogP contribution < -0.4 is 10.6 Å². The number of piperidine rings is 1. The van der Waals surface area contributed by atoms with Crippen LogP contribution in [0.3, 0.4) is 0 Å². The summed E-state index contributed by atoms with van der Waals surface area (Å²) in [6, 6.07) is 14.3. The summed E-state index contributed by atoms with van der Waals surface area (Å²) in [5.74, 6) is 0.742. The summed E-state index contributed by atoms with van der Waals surface area (Å²) in [4.78, 5) is 5.31. The van der Waals surface area contributed by atoms with E-state index in [2.05, 4.69) is 39.9 Å². The van der Waals surface area contributed by atoms with Gasteiger partial charge in [0.1, 0.15) is 4.21 Å². The number of hydrogen-bond donors (Lipinski definition) is 2. The van der Waals surface area contributed by atoms with Crippen molar-refractivity contribution < 1.29 is 8.42 Å². The van der Waals surface area contributed by atoms with Gasteiger partial charge < -0.3 is 10.6 Å². The van der Waals surface area contributed by atoms with Crippen LogP contribution in [-0.4, -0.2) is 45.4 Å². The molecule has 2 N–H and O–H groups in total. The van der Waals surface area contributed by atoms with Gasteiger partial charge in [0.05, 0.1) is 6.54 Å². The minimum absolute atomic E-state index is 0. The van der Waals surface area contributed by atoms with Crippen molar-refractivity contribution in [1.29, 1.82) is 0 Å². The Morgan fingerprint density at radius 1 is 1.06 bits per heavy atom. The summed E-state index contributed by atoms with van der Waals surface area (Å²) in [7, 11) is -1.60. The lowest BCUT2D eigenvalue weighted by Crippen LogP contribution is -2.40. The summed E-state index contributed by atoms with van der Waals surface area (Å²) in [5.41, 5.74) is 1.58. The van der Waals surface area contributed by atoms with Gasteiger partial charge in [-0.1, -0.05) is 36.8 Å². The molecule has 0 amide bonds. The quantitative estimate of drug-likeness (QED) is 0.299. The third kappa shape index (κ3) is 5.80. The molecule has 31 heavy (non-hydrogen) atoms. The maximum Gasteiger partial charge on any atom is 0.252 e. The van der Waals surface area contributed by atoms with E-state index in [0.29, 0.717) is 23.8 Å². The second kappa shape index (κ2) is 10.6. The Morgan fingerprint density at radius 2 is 1.77 bits per heavy atom. The van der Waals surface area contributed by atoms with Gasteiger partial charge in [-0.05, 0) is 43.4 Å². The molecule has 1 aliphatic carbocycles. The molecule has 2 aromatic rings. The van der Waals surface area contributed by atoms with Crippen LogP contribution in [0.2, 0.25) is 0 Å². The molecule has 0 radical (unpaired) electrons. The third-order valence-electron chi connectivity index (χ3n) is 6.03. The molecule has 2 heterocycles. The van der Waals surface area contributed by atoms with E-state index in [1.54, 1.807) is 17.4 Å². The number of hydrogen-bond acceptors (Lipinski definition) is 4. The molecular weight excluding hydrogens is 543 g/mol. The van der Waals surface area contributed by atoms with E-state index in [1.165, 1.54) is 29.7 Å². The number of halogens is 1. The van der Waals surface area contributed by atoms with Crippen LogP contribution in [-0.2, 0) is 22.0 Å². The van der Waals surface area contributed by atoms with Gasteiger partial charge >= 0.3 is 0 Å². The van der Waals surface area contributed by atoms with Crippen LogP contribution in [0.25, 0.3) is 0 Å². The number of nitrogens with zero attached hydrogens (tertiary/aromatic N) is 2. The molecule has 1 saturated heterocycles. The molecule has 0 spiro atoms. The minimum atomic E-state index is -3.36. The van der Waals surface area contributed by atoms with E-state index in [1.807, 2.05) is 12.1 Å². The molecule has 6 nitrogen and oxygen atoms in total.